The molecule has 0 aliphatic rings. The molecule has 0 aliphatic heterocycles. The van der Waals surface area contributed by atoms with E-state index >= 15 is 0 Å². The smallest absolute Gasteiger partial charge is 0.122 e. The number of hydrogen-bond acceptors (Lipinski definition) is 3. The topological polar surface area (TPSA) is 50.1 Å². The van der Waals surface area contributed by atoms with Crippen molar-refractivity contribution in [1.82, 2.24) is 14.9 Å². The first kappa shape index (κ1) is 14.8. The second-order valence-electron chi connectivity index (χ2n) is 5.42. The molecule has 1 aromatic heterocycles. The molecule has 4 heteroatoms. The fourth-order valence-electron chi connectivity index (χ4n) is 2.11. The predicted molar refractivity (Wildman–Crippen MR) is 80.4 cm³/mol. The number of aromatic nitrogens is 2. The zero-order chi connectivity index (χ0) is 14.5. The van der Waals surface area contributed by atoms with Crippen LogP contribution < -0.4 is 5.32 Å². The molecule has 2 rings (SSSR count). The molecule has 108 valence electrons. The van der Waals surface area contributed by atoms with Crippen LogP contribution >= 0.6 is 0 Å². The third kappa shape index (κ3) is 3.68. The van der Waals surface area contributed by atoms with Crippen LogP contribution in [0.15, 0.2) is 36.7 Å². The third-order valence-corrected chi connectivity index (χ3v) is 3.53. The number of rotatable bonds is 6. The van der Waals surface area contributed by atoms with Gasteiger partial charge < -0.3 is 15.0 Å². The zero-order valence-electron chi connectivity index (χ0n) is 12.4. The van der Waals surface area contributed by atoms with Gasteiger partial charge in [0.15, 0.2) is 0 Å². The summed E-state index contributed by atoms with van der Waals surface area (Å²) in [6.45, 7) is 5.51. The average Bonchev–Trinajstić information content (AvgIpc) is 2.84. The van der Waals surface area contributed by atoms with Gasteiger partial charge in [-0.15, -0.1) is 0 Å². The summed E-state index contributed by atoms with van der Waals surface area (Å²) in [6.07, 6.45) is 3.20. The largest absolute Gasteiger partial charge is 0.387 e. The lowest BCUT2D eigenvalue weighted by atomic mass is 10.00. The summed E-state index contributed by atoms with van der Waals surface area (Å²) in [6, 6.07) is 8.18. The molecule has 2 N–H and O–H groups in total. The maximum absolute atomic E-state index is 10.2. The fourth-order valence-corrected chi connectivity index (χ4v) is 2.11. The molecule has 0 fully saturated rings. The van der Waals surface area contributed by atoms with Gasteiger partial charge in [-0.2, -0.15) is 0 Å². The molecular weight excluding hydrogens is 250 g/mol. The van der Waals surface area contributed by atoms with Crippen LogP contribution in [0.2, 0.25) is 0 Å². The maximum atomic E-state index is 10.2. The molecule has 1 unspecified atom stereocenters. The Balaban J connectivity index is 1.85. The highest BCUT2D eigenvalue weighted by Crippen LogP contribution is 2.18. The van der Waals surface area contributed by atoms with Gasteiger partial charge in [-0.05, 0) is 17.0 Å². The first-order valence-corrected chi connectivity index (χ1v) is 7.02. The molecular formula is C16H23N3O. The minimum Gasteiger partial charge on any atom is -0.387 e. The van der Waals surface area contributed by atoms with Gasteiger partial charge in [-0.3, -0.25) is 0 Å². The van der Waals surface area contributed by atoms with Crippen LogP contribution in [0.25, 0.3) is 0 Å². The van der Waals surface area contributed by atoms with Crippen LogP contribution in [0.5, 0.6) is 0 Å². The van der Waals surface area contributed by atoms with Crippen molar-refractivity contribution in [2.75, 3.05) is 6.54 Å². The highest BCUT2D eigenvalue weighted by atomic mass is 16.3. The van der Waals surface area contributed by atoms with Crippen molar-refractivity contribution in [2.45, 2.75) is 32.4 Å². The van der Waals surface area contributed by atoms with Crippen molar-refractivity contribution in [2.24, 2.45) is 7.05 Å². The van der Waals surface area contributed by atoms with Crippen molar-refractivity contribution < 1.29 is 5.11 Å². The summed E-state index contributed by atoms with van der Waals surface area (Å²) in [4.78, 5) is 4.24. The molecule has 0 radical (unpaired) electrons. The van der Waals surface area contributed by atoms with Crippen LogP contribution in [0.1, 0.15) is 42.8 Å². The third-order valence-electron chi connectivity index (χ3n) is 3.53. The van der Waals surface area contributed by atoms with Gasteiger partial charge in [0.2, 0.25) is 0 Å². The fraction of sp³-hybridized carbons (Fsp3) is 0.438. The number of nitrogens with zero attached hydrogens (tertiary/aromatic N) is 2. The lowest BCUT2D eigenvalue weighted by Gasteiger charge is -2.13. The van der Waals surface area contributed by atoms with Gasteiger partial charge in [0.1, 0.15) is 5.82 Å². The number of aliphatic hydroxyl groups excluding tert-OH is 1. The van der Waals surface area contributed by atoms with Crippen molar-refractivity contribution >= 4 is 0 Å². The Morgan fingerprint density at radius 3 is 2.40 bits per heavy atom. The minimum atomic E-state index is -0.489. The van der Waals surface area contributed by atoms with Crippen LogP contribution in [0.4, 0.5) is 0 Å². The summed E-state index contributed by atoms with van der Waals surface area (Å²) >= 11 is 0. The normalized spacial score (nSPS) is 12.8. The maximum Gasteiger partial charge on any atom is 0.122 e. The number of hydrogen-bond donors (Lipinski definition) is 2. The van der Waals surface area contributed by atoms with Crippen molar-refractivity contribution in [3.05, 3.63) is 53.6 Å². The van der Waals surface area contributed by atoms with E-state index in [9.17, 15) is 5.11 Å². The van der Waals surface area contributed by atoms with E-state index in [0.717, 1.165) is 11.4 Å². The molecule has 0 saturated carbocycles. The van der Waals surface area contributed by atoms with Gasteiger partial charge >= 0.3 is 0 Å². The molecule has 20 heavy (non-hydrogen) atoms. The highest BCUT2D eigenvalue weighted by molar-refractivity contribution is 5.26. The van der Waals surface area contributed by atoms with Gasteiger partial charge in [0.05, 0.1) is 12.6 Å². The van der Waals surface area contributed by atoms with Crippen molar-refractivity contribution in [3.8, 4) is 0 Å². The summed E-state index contributed by atoms with van der Waals surface area (Å²) in [7, 11) is 1.96. The summed E-state index contributed by atoms with van der Waals surface area (Å²) in [5, 5.41) is 13.4. The Morgan fingerprint density at radius 1 is 1.20 bits per heavy atom. The lowest BCUT2D eigenvalue weighted by Crippen LogP contribution is -2.22. The second kappa shape index (κ2) is 6.68. The molecule has 4 nitrogen and oxygen atoms in total. The Bertz CT molecular complexity index is 531. The molecule has 1 heterocycles. The van der Waals surface area contributed by atoms with E-state index in [1.165, 1.54) is 5.56 Å². The van der Waals surface area contributed by atoms with Gasteiger partial charge in [-0.25, -0.2) is 4.98 Å². The quantitative estimate of drug-likeness (QED) is 0.849. The Morgan fingerprint density at radius 2 is 1.85 bits per heavy atom. The van der Waals surface area contributed by atoms with Gasteiger partial charge in [-0.1, -0.05) is 38.1 Å². The van der Waals surface area contributed by atoms with E-state index in [1.54, 1.807) is 6.20 Å². The molecule has 1 atom stereocenters. The van der Waals surface area contributed by atoms with E-state index < -0.39 is 6.10 Å². The number of aliphatic hydroxyl groups is 1. The van der Waals surface area contributed by atoms with E-state index in [0.29, 0.717) is 19.0 Å². The molecule has 2 aromatic rings. The number of benzene rings is 1. The van der Waals surface area contributed by atoms with Gasteiger partial charge in [0, 0.05) is 26.0 Å². The van der Waals surface area contributed by atoms with E-state index in [2.05, 4.69) is 36.3 Å². The first-order chi connectivity index (χ1) is 9.58. The van der Waals surface area contributed by atoms with E-state index in [-0.39, 0.29) is 0 Å². The van der Waals surface area contributed by atoms with Crippen LogP contribution in [-0.4, -0.2) is 21.2 Å². The lowest BCUT2D eigenvalue weighted by molar-refractivity contribution is 0.174. The Labute approximate surface area is 120 Å². The van der Waals surface area contributed by atoms with Crippen molar-refractivity contribution in [1.29, 1.82) is 0 Å². The van der Waals surface area contributed by atoms with Crippen LogP contribution in [-0.2, 0) is 13.6 Å². The molecule has 0 saturated heterocycles. The molecule has 0 aliphatic carbocycles. The molecule has 0 bridgehead atoms. The average molecular weight is 273 g/mol. The molecule has 0 amide bonds. The minimum absolute atomic E-state index is 0.489. The number of nitrogens with one attached hydrogen (secondary N) is 1. The zero-order valence-corrected chi connectivity index (χ0v) is 12.4. The summed E-state index contributed by atoms with van der Waals surface area (Å²) in [5.74, 6) is 1.48. The van der Waals surface area contributed by atoms with E-state index in [1.807, 2.05) is 29.9 Å². The predicted octanol–water partition coefficient (Wildman–Crippen LogP) is 2.37. The van der Waals surface area contributed by atoms with Crippen LogP contribution in [0.3, 0.4) is 0 Å². The van der Waals surface area contributed by atoms with Gasteiger partial charge in [0.25, 0.3) is 0 Å². The van der Waals surface area contributed by atoms with E-state index in [4.69, 9.17) is 0 Å². The SMILES string of the molecule is CC(C)c1ccc(C(O)CNCc2nccn2C)cc1. The monoisotopic (exact) mass is 273 g/mol. The molecule has 0 spiro atoms. The standard InChI is InChI=1S/C16H23N3O/c1-12(2)13-4-6-14(7-5-13)15(20)10-17-11-16-18-8-9-19(16)3/h4-9,12,15,17,20H,10-11H2,1-3H3. The highest BCUT2D eigenvalue weighted by Gasteiger charge is 2.08. The summed E-state index contributed by atoms with van der Waals surface area (Å²) in [5.41, 5.74) is 2.24. The van der Waals surface area contributed by atoms with Crippen LogP contribution in [0, 0.1) is 0 Å². The molecule has 1 aromatic carbocycles. The Hall–Kier alpha value is -1.65. The van der Waals surface area contributed by atoms with Crippen molar-refractivity contribution in [3.63, 3.8) is 0 Å². The Kier molecular flexibility index (Phi) is 4.93. The number of imidazole rings is 1. The second-order valence-corrected chi connectivity index (χ2v) is 5.42. The summed E-state index contributed by atoms with van der Waals surface area (Å²) < 4.78 is 1.97. The first-order valence-electron chi connectivity index (χ1n) is 7.02. The number of aryl methyl sites for hydroxylation is 1.